The number of aromatic hydroxyl groups is 1. The lowest BCUT2D eigenvalue weighted by atomic mass is 10.0. The van der Waals surface area contributed by atoms with Gasteiger partial charge in [0, 0.05) is 62.7 Å². The Morgan fingerprint density at radius 2 is 1.93 bits per heavy atom. The number of hydrogen-bond donors (Lipinski definition) is 4. The molecule has 5 N–H and O–H groups in total. The summed E-state index contributed by atoms with van der Waals surface area (Å²) in [6.45, 7) is 4.34. The van der Waals surface area contributed by atoms with Gasteiger partial charge in [0.1, 0.15) is 18.0 Å². The first-order chi connectivity index (χ1) is 20.9. The number of carbonyl (C=O) groups is 2. The van der Waals surface area contributed by atoms with E-state index in [-0.39, 0.29) is 40.0 Å². The van der Waals surface area contributed by atoms with Gasteiger partial charge in [-0.2, -0.15) is 4.39 Å². The number of nitrogens with zero attached hydrogens (tertiary/aromatic N) is 6. The second-order valence-electron chi connectivity index (χ2n) is 10.5. The molecule has 0 saturated carbocycles. The molecule has 1 aromatic carbocycles. The number of aromatic nitrogens is 4. The Morgan fingerprint density at radius 1 is 1.18 bits per heavy atom. The van der Waals surface area contributed by atoms with E-state index in [2.05, 4.69) is 25.1 Å². The van der Waals surface area contributed by atoms with Crippen LogP contribution >= 0.6 is 11.6 Å². The number of nitrogens with one attached hydrogen (secondary N) is 1. The highest BCUT2D eigenvalue weighted by Gasteiger charge is 2.27. The summed E-state index contributed by atoms with van der Waals surface area (Å²) in [6.07, 6.45) is 3.86. The molecular weight excluding hydrogens is 602 g/mol. The van der Waals surface area contributed by atoms with Crippen LogP contribution in [0.15, 0.2) is 35.6 Å². The van der Waals surface area contributed by atoms with E-state index in [1.165, 1.54) is 30.3 Å². The van der Waals surface area contributed by atoms with E-state index in [1.807, 2.05) is 6.92 Å². The topological polar surface area (TPSA) is 172 Å². The van der Waals surface area contributed by atoms with E-state index in [4.69, 9.17) is 17.3 Å². The summed E-state index contributed by atoms with van der Waals surface area (Å²) in [5.41, 5.74) is 3.49. The number of rotatable bonds is 8. The number of aryl methyl sites for hydroxylation is 1. The Labute approximate surface area is 254 Å². The molecule has 1 fully saturated rings. The predicted octanol–water partition coefficient (Wildman–Crippen LogP) is 1.67. The second-order valence-corrected chi connectivity index (χ2v) is 10.9. The molecule has 13 nitrogen and oxygen atoms in total. The highest BCUT2D eigenvalue weighted by molar-refractivity contribution is 6.33. The number of nitrogens with two attached hydrogens (primary N) is 1. The molecule has 4 heterocycles. The molecule has 0 radical (unpaired) electrons. The quantitative estimate of drug-likeness (QED) is 0.226. The summed E-state index contributed by atoms with van der Waals surface area (Å²) in [7, 11) is 1.40. The number of aliphatic hydroxyl groups excluding tert-OH is 1. The van der Waals surface area contributed by atoms with Crippen molar-refractivity contribution in [2.75, 3.05) is 43.0 Å². The number of amides is 2. The summed E-state index contributed by atoms with van der Waals surface area (Å²) in [6, 6.07) is 2.56. The Kier molecular flexibility index (Phi) is 8.54. The molecule has 16 heteroatoms. The maximum Gasteiger partial charge on any atom is 0.263 e. The van der Waals surface area contributed by atoms with Gasteiger partial charge in [0.25, 0.3) is 11.5 Å². The predicted molar refractivity (Wildman–Crippen MR) is 159 cm³/mol. The van der Waals surface area contributed by atoms with Crippen LogP contribution in [0.3, 0.4) is 0 Å². The van der Waals surface area contributed by atoms with Crippen molar-refractivity contribution in [3.8, 4) is 16.9 Å². The van der Waals surface area contributed by atoms with Crippen molar-refractivity contribution in [2.45, 2.75) is 19.5 Å². The minimum Gasteiger partial charge on any atom is -0.504 e. The van der Waals surface area contributed by atoms with E-state index < -0.39 is 52.4 Å². The van der Waals surface area contributed by atoms with Crippen LogP contribution in [0.1, 0.15) is 17.3 Å². The molecule has 44 heavy (non-hydrogen) atoms. The first-order valence-electron chi connectivity index (χ1n) is 13.5. The summed E-state index contributed by atoms with van der Waals surface area (Å²) in [4.78, 5) is 51.0. The molecule has 0 bridgehead atoms. The minimum absolute atomic E-state index is 0.0113. The number of pyridine rings is 1. The first-order valence-corrected chi connectivity index (χ1v) is 13.9. The fraction of sp³-hybridized carbons (Fsp3) is 0.321. The molecule has 1 unspecified atom stereocenters. The lowest BCUT2D eigenvalue weighted by Crippen LogP contribution is -2.52. The SMILES string of the molecule is CC1CN(CCO)CCN1c1cc(NC(=O)Cn2cc(-c3cc(C(N)=O)c(O)c(F)c3F)c3c(=O)n(C)cnc32)c(Cl)cn1. The number of aliphatic hydroxyl groups is 1. The van der Waals surface area contributed by atoms with Crippen molar-refractivity contribution < 1.29 is 28.6 Å². The monoisotopic (exact) mass is 630 g/mol. The maximum absolute atomic E-state index is 15.1. The zero-order chi connectivity index (χ0) is 31.9. The molecule has 3 aromatic heterocycles. The van der Waals surface area contributed by atoms with Gasteiger partial charge in [0.2, 0.25) is 11.7 Å². The van der Waals surface area contributed by atoms with Crippen molar-refractivity contribution in [3.63, 3.8) is 0 Å². The minimum atomic E-state index is -1.72. The number of hydrogen-bond acceptors (Lipinski definition) is 9. The number of phenols is 1. The number of benzene rings is 1. The third-order valence-electron chi connectivity index (χ3n) is 7.52. The van der Waals surface area contributed by atoms with Crippen molar-refractivity contribution in [2.24, 2.45) is 12.8 Å². The summed E-state index contributed by atoms with van der Waals surface area (Å²) in [5.74, 6) is -5.71. The number of primary amides is 1. The highest BCUT2D eigenvalue weighted by Crippen LogP contribution is 2.36. The Morgan fingerprint density at radius 3 is 2.61 bits per heavy atom. The van der Waals surface area contributed by atoms with E-state index >= 15 is 4.39 Å². The lowest BCUT2D eigenvalue weighted by molar-refractivity contribution is -0.116. The van der Waals surface area contributed by atoms with Gasteiger partial charge in [-0.25, -0.2) is 14.4 Å². The zero-order valence-electron chi connectivity index (χ0n) is 23.7. The molecule has 0 spiro atoms. The van der Waals surface area contributed by atoms with Gasteiger partial charge in [-0.05, 0) is 13.0 Å². The van der Waals surface area contributed by atoms with Crippen molar-refractivity contribution >= 4 is 46.0 Å². The maximum atomic E-state index is 15.1. The van der Waals surface area contributed by atoms with Crippen LogP contribution in [0.5, 0.6) is 5.75 Å². The number of anilines is 2. The third kappa shape index (κ3) is 5.68. The molecule has 5 rings (SSSR count). The number of β-amino-alcohol motifs (C(OH)–C–C–N with tert-alkyl or cyclic N) is 1. The zero-order valence-corrected chi connectivity index (χ0v) is 24.5. The normalized spacial score (nSPS) is 15.6. The average molecular weight is 631 g/mol. The van der Waals surface area contributed by atoms with Gasteiger partial charge in [-0.3, -0.25) is 19.3 Å². The van der Waals surface area contributed by atoms with E-state index in [1.54, 1.807) is 6.07 Å². The molecule has 1 aliphatic heterocycles. The standard InChI is InChI=1S/C28H29ClF2N8O5/c1-14-10-37(5-6-40)3-4-39(14)20-8-19(18(29)9-33-20)35-21(41)12-38-11-17(22-27(38)34-13-36(2)28(22)44)15-7-16(26(32)43)25(42)24(31)23(15)30/h7-9,11,13-14,40,42H,3-6,10,12H2,1-2H3,(H2,32,43)(H,33,35,41). The van der Waals surface area contributed by atoms with Gasteiger partial charge in [0.05, 0.1) is 40.8 Å². The Hall–Kier alpha value is -4.60. The van der Waals surface area contributed by atoms with E-state index in [9.17, 15) is 29.0 Å². The second kappa shape index (κ2) is 12.2. The van der Waals surface area contributed by atoms with Crippen LogP contribution in [-0.2, 0) is 18.4 Å². The van der Waals surface area contributed by atoms with Gasteiger partial charge < -0.3 is 35.3 Å². The fourth-order valence-corrected chi connectivity index (χ4v) is 5.48. The summed E-state index contributed by atoms with van der Waals surface area (Å²) < 4.78 is 32.1. The smallest absolute Gasteiger partial charge is 0.263 e. The molecule has 4 aromatic rings. The van der Waals surface area contributed by atoms with Gasteiger partial charge in [-0.15, -0.1) is 0 Å². The summed E-state index contributed by atoms with van der Waals surface area (Å²) in [5, 5.41) is 21.9. The number of piperazine rings is 1. The van der Waals surface area contributed by atoms with Gasteiger partial charge in [-0.1, -0.05) is 11.6 Å². The van der Waals surface area contributed by atoms with Crippen LogP contribution in [0.4, 0.5) is 20.3 Å². The molecule has 1 saturated heterocycles. The Balaban J connectivity index is 1.47. The molecule has 1 atom stereocenters. The molecule has 0 aliphatic carbocycles. The van der Waals surface area contributed by atoms with Crippen molar-refractivity contribution in [1.82, 2.24) is 24.0 Å². The number of fused-ring (bicyclic) bond motifs is 1. The van der Waals surface area contributed by atoms with Crippen LogP contribution in [0.25, 0.3) is 22.2 Å². The number of carbonyl (C=O) groups excluding carboxylic acids is 2. The molecule has 2 amide bonds. The van der Waals surface area contributed by atoms with Crippen LogP contribution < -0.4 is 21.5 Å². The van der Waals surface area contributed by atoms with Crippen molar-refractivity contribution in [3.05, 3.63) is 63.4 Å². The lowest BCUT2D eigenvalue weighted by Gasteiger charge is -2.40. The van der Waals surface area contributed by atoms with Gasteiger partial charge >= 0.3 is 0 Å². The fourth-order valence-electron chi connectivity index (χ4n) is 5.33. The largest absolute Gasteiger partial charge is 0.504 e. The highest BCUT2D eigenvalue weighted by atomic mass is 35.5. The summed E-state index contributed by atoms with van der Waals surface area (Å²) >= 11 is 6.36. The van der Waals surface area contributed by atoms with E-state index in [0.717, 1.165) is 17.2 Å². The molecular formula is C28H29ClF2N8O5. The number of halogens is 3. The van der Waals surface area contributed by atoms with Crippen LogP contribution in [0.2, 0.25) is 5.02 Å². The van der Waals surface area contributed by atoms with Crippen LogP contribution in [0, 0.1) is 11.6 Å². The Bertz CT molecular complexity index is 1850. The van der Waals surface area contributed by atoms with Gasteiger partial charge in [0.15, 0.2) is 11.6 Å². The average Bonchev–Trinajstić information content (AvgIpc) is 3.33. The molecule has 1 aliphatic rings. The van der Waals surface area contributed by atoms with Crippen LogP contribution in [-0.4, -0.2) is 84.9 Å². The van der Waals surface area contributed by atoms with E-state index in [0.29, 0.717) is 25.5 Å². The first kappa shape index (κ1) is 30.8. The third-order valence-corrected chi connectivity index (χ3v) is 7.83. The molecule has 232 valence electrons. The van der Waals surface area contributed by atoms with Crippen molar-refractivity contribution in [1.29, 1.82) is 0 Å².